The second-order valence-electron chi connectivity index (χ2n) is 4.63. The maximum absolute atomic E-state index is 11.7. The summed E-state index contributed by atoms with van der Waals surface area (Å²) in [4.78, 5) is 22.7. The number of unbranched alkanes of at least 4 members (excludes halogenated alkanes) is 1. The van der Waals surface area contributed by atoms with E-state index >= 15 is 0 Å². The molecular formula is C14H20ClN3O3. The Labute approximate surface area is 128 Å². The number of amides is 2. The van der Waals surface area contributed by atoms with Crippen LogP contribution >= 0.6 is 11.6 Å². The molecule has 0 heterocycles. The molecule has 1 aromatic carbocycles. The molecule has 7 heteroatoms. The monoisotopic (exact) mass is 313 g/mol. The van der Waals surface area contributed by atoms with Crippen molar-refractivity contribution in [2.45, 2.75) is 31.8 Å². The number of nitrogens with two attached hydrogens (primary N) is 1. The minimum atomic E-state index is -1.05. The molecule has 1 unspecified atom stereocenters. The fourth-order valence-corrected chi connectivity index (χ4v) is 1.87. The van der Waals surface area contributed by atoms with Gasteiger partial charge < -0.3 is 21.5 Å². The number of hydrogen-bond acceptors (Lipinski definition) is 3. The summed E-state index contributed by atoms with van der Waals surface area (Å²) in [6.07, 6.45) is 1.75. The molecule has 0 saturated heterocycles. The number of benzene rings is 1. The Hall–Kier alpha value is -1.79. The van der Waals surface area contributed by atoms with Crippen LogP contribution in [0, 0.1) is 0 Å². The quantitative estimate of drug-likeness (QED) is 0.548. The van der Waals surface area contributed by atoms with Crippen LogP contribution in [0.3, 0.4) is 0 Å². The van der Waals surface area contributed by atoms with Gasteiger partial charge in [0.1, 0.15) is 6.04 Å². The van der Waals surface area contributed by atoms with Gasteiger partial charge in [-0.1, -0.05) is 23.7 Å². The number of carboxylic acids is 1. The molecule has 6 nitrogen and oxygen atoms in total. The second-order valence-corrected chi connectivity index (χ2v) is 5.07. The number of rotatable bonds is 8. The summed E-state index contributed by atoms with van der Waals surface area (Å²) in [5.74, 6) is -1.05. The number of carboxylic acid groups (broad SMARTS) is 1. The lowest BCUT2D eigenvalue weighted by atomic mass is 10.1. The van der Waals surface area contributed by atoms with Crippen LogP contribution in [-0.2, 0) is 11.3 Å². The van der Waals surface area contributed by atoms with E-state index in [1.807, 2.05) is 0 Å². The SMILES string of the molecule is NCCCCC(NC(=O)NCc1ccc(Cl)cc1)C(=O)O. The predicted octanol–water partition coefficient (Wildman–Crippen LogP) is 1.72. The minimum Gasteiger partial charge on any atom is -0.480 e. The van der Waals surface area contributed by atoms with Crippen LogP contribution in [0.15, 0.2) is 24.3 Å². The van der Waals surface area contributed by atoms with Gasteiger partial charge in [-0.05, 0) is 43.5 Å². The van der Waals surface area contributed by atoms with E-state index in [1.165, 1.54) is 0 Å². The molecule has 116 valence electrons. The van der Waals surface area contributed by atoms with Crippen molar-refractivity contribution in [2.75, 3.05) is 6.54 Å². The molecular weight excluding hydrogens is 294 g/mol. The van der Waals surface area contributed by atoms with Crippen LogP contribution < -0.4 is 16.4 Å². The van der Waals surface area contributed by atoms with Gasteiger partial charge >= 0.3 is 12.0 Å². The fourth-order valence-electron chi connectivity index (χ4n) is 1.74. The number of nitrogens with one attached hydrogen (secondary N) is 2. The Morgan fingerprint density at radius 1 is 1.24 bits per heavy atom. The largest absolute Gasteiger partial charge is 0.480 e. The van der Waals surface area contributed by atoms with Gasteiger partial charge in [0.15, 0.2) is 0 Å². The topological polar surface area (TPSA) is 104 Å². The van der Waals surface area contributed by atoms with Crippen molar-refractivity contribution in [3.05, 3.63) is 34.9 Å². The van der Waals surface area contributed by atoms with Crippen molar-refractivity contribution in [1.29, 1.82) is 0 Å². The summed E-state index contributed by atoms with van der Waals surface area (Å²) in [7, 11) is 0. The molecule has 0 spiro atoms. The van der Waals surface area contributed by atoms with E-state index in [4.69, 9.17) is 22.4 Å². The van der Waals surface area contributed by atoms with Crippen LogP contribution in [0.5, 0.6) is 0 Å². The smallest absolute Gasteiger partial charge is 0.326 e. The fraction of sp³-hybridized carbons (Fsp3) is 0.429. The number of urea groups is 1. The number of carbonyl (C=O) groups excluding carboxylic acids is 1. The van der Waals surface area contributed by atoms with Crippen LogP contribution in [-0.4, -0.2) is 29.7 Å². The van der Waals surface area contributed by atoms with E-state index in [-0.39, 0.29) is 0 Å². The average Bonchev–Trinajstić information content (AvgIpc) is 2.45. The maximum atomic E-state index is 11.7. The summed E-state index contributed by atoms with van der Waals surface area (Å²) < 4.78 is 0. The molecule has 0 fully saturated rings. The molecule has 0 bridgehead atoms. The van der Waals surface area contributed by atoms with E-state index in [0.717, 1.165) is 12.0 Å². The predicted molar refractivity (Wildman–Crippen MR) is 81.2 cm³/mol. The summed E-state index contributed by atoms with van der Waals surface area (Å²) in [6, 6.07) is 5.62. The first-order valence-electron chi connectivity index (χ1n) is 6.74. The first-order valence-corrected chi connectivity index (χ1v) is 7.12. The van der Waals surface area contributed by atoms with Crippen molar-refractivity contribution in [2.24, 2.45) is 5.73 Å². The van der Waals surface area contributed by atoms with E-state index in [1.54, 1.807) is 24.3 Å². The highest BCUT2D eigenvalue weighted by atomic mass is 35.5. The summed E-state index contributed by atoms with van der Waals surface area (Å²) in [5, 5.41) is 14.7. The van der Waals surface area contributed by atoms with Gasteiger partial charge in [-0.3, -0.25) is 0 Å². The molecule has 0 radical (unpaired) electrons. The lowest BCUT2D eigenvalue weighted by Gasteiger charge is -2.15. The summed E-state index contributed by atoms with van der Waals surface area (Å²) in [6.45, 7) is 0.813. The Morgan fingerprint density at radius 2 is 1.90 bits per heavy atom. The second kappa shape index (κ2) is 9.20. The van der Waals surface area contributed by atoms with Gasteiger partial charge in [0, 0.05) is 11.6 Å². The first-order chi connectivity index (χ1) is 10.0. The van der Waals surface area contributed by atoms with E-state index < -0.39 is 18.0 Å². The van der Waals surface area contributed by atoms with Crippen LogP contribution in [0.25, 0.3) is 0 Å². The molecule has 5 N–H and O–H groups in total. The standard InChI is InChI=1S/C14H20ClN3O3/c15-11-6-4-10(5-7-11)9-17-14(21)18-12(13(19)20)3-1-2-8-16/h4-7,12H,1-3,8-9,16H2,(H,19,20)(H2,17,18,21). The molecule has 2 amide bonds. The number of halogens is 1. The van der Waals surface area contributed by atoms with E-state index in [9.17, 15) is 9.59 Å². The zero-order valence-electron chi connectivity index (χ0n) is 11.6. The molecule has 1 rings (SSSR count). The summed E-state index contributed by atoms with van der Waals surface area (Å²) in [5.41, 5.74) is 6.24. The normalized spacial score (nSPS) is 11.7. The highest BCUT2D eigenvalue weighted by molar-refractivity contribution is 6.30. The van der Waals surface area contributed by atoms with Gasteiger partial charge in [-0.25, -0.2) is 9.59 Å². The van der Waals surface area contributed by atoms with Crippen molar-refractivity contribution in [1.82, 2.24) is 10.6 Å². The third-order valence-electron chi connectivity index (χ3n) is 2.92. The lowest BCUT2D eigenvalue weighted by molar-refractivity contribution is -0.139. The van der Waals surface area contributed by atoms with Crippen LogP contribution in [0.4, 0.5) is 4.79 Å². The van der Waals surface area contributed by atoms with Crippen LogP contribution in [0.2, 0.25) is 5.02 Å². The number of carbonyl (C=O) groups is 2. The van der Waals surface area contributed by atoms with Gasteiger partial charge in [0.2, 0.25) is 0 Å². The number of hydrogen-bond donors (Lipinski definition) is 4. The molecule has 21 heavy (non-hydrogen) atoms. The van der Waals surface area contributed by atoms with Crippen molar-refractivity contribution in [3.8, 4) is 0 Å². The Balaban J connectivity index is 2.39. The average molecular weight is 314 g/mol. The lowest BCUT2D eigenvalue weighted by Crippen LogP contribution is -2.45. The molecule has 0 aliphatic carbocycles. The van der Waals surface area contributed by atoms with Crippen LogP contribution in [0.1, 0.15) is 24.8 Å². The molecule has 0 aliphatic rings. The first kappa shape index (κ1) is 17.3. The van der Waals surface area contributed by atoms with Crippen molar-refractivity contribution < 1.29 is 14.7 Å². The van der Waals surface area contributed by atoms with Gasteiger partial charge in [0.25, 0.3) is 0 Å². The molecule has 0 aromatic heterocycles. The van der Waals surface area contributed by atoms with Crippen molar-refractivity contribution >= 4 is 23.6 Å². The maximum Gasteiger partial charge on any atom is 0.326 e. The molecule has 0 aliphatic heterocycles. The Kier molecular flexibility index (Phi) is 7.56. The number of aliphatic carboxylic acids is 1. The zero-order valence-corrected chi connectivity index (χ0v) is 12.4. The van der Waals surface area contributed by atoms with Gasteiger partial charge in [-0.15, -0.1) is 0 Å². The van der Waals surface area contributed by atoms with E-state index in [2.05, 4.69) is 10.6 Å². The molecule has 0 saturated carbocycles. The third-order valence-corrected chi connectivity index (χ3v) is 3.17. The highest BCUT2D eigenvalue weighted by Gasteiger charge is 2.18. The van der Waals surface area contributed by atoms with Crippen molar-refractivity contribution in [3.63, 3.8) is 0 Å². The molecule has 1 aromatic rings. The van der Waals surface area contributed by atoms with Gasteiger partial charge in [0.05, 0.1) is 0 Å². The Bertz CT molecular complexity index is 465. The Morgan fingerprint density at radius 3 is 2.48 bits per heavy atom. The minimum absolute atomic E-state index is 0.304. The molecule has 1 atom stereocenters. The highest BCUT2D eigenvalue weighted by Crippen LogP contribution is 2.09. The zero-order chi connectivity index (χ0) is 15.7. The van der Waals surface area contributed by atoms with Gasteiger partial charge in [-0.2, -0.15) is 0 Å². The third kappa shape index (κ3) is 6.97. The summed E-state index contributed by atoms with van der Waals surface area (Å²) >= 11 is 5.76. The van der Waals surface area contributed by atoms with E-state index in [0.29, 0.717) is 31.0 Å².